The standard InChI is InChI=1S/C28H35N3O3S/c1-5-21(2)17-31(28(33)29-25-13-9-10-14-26(25)34-4)20-27(32)30(18-23-11-7-6-8-12-23)19-24-16-15-22(3)35-24/h6-16,21H,5,17-20H2,1-4H3,(H,29,33). The minimum Gasteiger partial charge on any atom is -0.495 e. The molecule has 7 heteroatoms. The highest BCUT2D eigenvalue weighted by atomic mass is 32.1. The predicted molar refractivity (Wildman–Crippen MR) is 143 cm³/mol. The summed E-state index contributed by atoms with van der Waals surface area (Å²) in [5.41, 5.74) is 1.64. The third-order valence-corrected chi connectivity index (χ3v) is 6.89. The second-order valence-corrected chi connectivity index (χ2v) is 10.1. The van der Waals surface area contributed by atoms with E-state index < -0.39 is 0 Å². The summed E-state index contributed by atoms with van der Waals surface area (Å²) in [5, 5.41) is 2.93. The van der Waals surface area contributed by atoms with E-state index >= 15 is 0 Å². The van der Waals surface area contributed by atoms with Crippen molar-refractivity contribution >= 4 is 29.0 Å². The molecule has 1 heterocycles. The van der Waals surface area contributed by atoms with E-state index in [-0.39, 0.29) is 24.4 Å². The third-order valence-electron chi connectivity index (χ3n) is 5.90. The highest BCUT2D eigenvalue weighted by Crippen LogP contribution is 2.24. The number of nitrogens with one attached hydrogen (secondary N) is 1. The minimum absolute atomic E-state index is 0.00249. The van der Waals surface area contributed by atoms with Gasteiger partial charge in [-0.2, -0.15) is 0 Å². The molecule has 6 nitrogen and oxygen atoms in total. The maximum atomic E-state index is 13.6. The molecule has 0 bridgehead atoms. The van der Waals surface area contributed by atoms with Gasteiger partial charge in [-0.05, 0) is 42.7 Å². The molecule has 0 saturated carbocycles. The molecule has 1 aromatic heterocycles. The molecule has 1 atom stereocenters. The molecule has 3 rings (SSSR count). The molecule has 0 spiro atoms. The summed E-state index contributed by atoms with van der Waals surface area (Å²) in [5.74, 6) is 0.751. The lowest BCUT2D eigenvalue weighted by molar-refractivity contribution is -0.133. The van der Waals surface area contributed by atoms with Gasteiger partial charge in [0.15, 0.2) is 0 Å². The number of aryl methyl sites for hydroxylation is 1. The van der Waals surface area contributed by atoms with Gasteiger partial charge in [0.2, 0.25) is 5.91 Å². The normalized spacial score (nSPS) is 11.5. The Morgan fingerprint density at radius 3 is 2.34 bits per heavy atom. The van der Waals surface area contributed by atoms with E-state index in [4.69, 9.17) is 4.74 Å². The molecule has 0 fully saturated rings. The number of ether oxygens (including phenoxy) is 1. The van der Waals surface area contributed by atoms with Crippen LogP contribution >= 0.6 is 11.3 Å². The molecule has 1 N–H and O–H groups in total. The number of methoxy groups -OCH3 is 1. The fourth-order valence-corrected chi connectivity index (χ4v) is 4.63. The fourth-order valence-electron chi connectivity index (χ4n) is 3.72. The van der Waals surface area contributed by atoms with Gasteiger partial charge in [-0.25, -0.2) is 4.79 Å². The van der Waals surface area contributed by atoms with Gasteiger partial charge < -0.3 is 19.9 Å². The number of thiophene rings is 1. The van der Waals surface area contributed by atoms with Crippen molar-refractivity contribution in [2.45, 2.75) is 40.3 Å². The molecule has 35 heavy (non-hydrogen) atoms. The molecular weight excluding hydrogens is 458 g/mol. The Hall–Kier alpha value is -3.32. The number of amides is 3. The van der Waals surface area contributed by atoms with Crippen molar-refractivity contribution in [1.29, 1.82) is 0 Å². The van der Waals surface area contributed by atoms with Gasteiger partial charge in [0, 0.05) is 22.8 Å². The third kappa shape index (κ3) is 7.86. The maximum absolute atomic E-state index is 13.6. The van der Waals surface area contributed by atoms with Crippen molar-refractivity contribution < 1.29 is 14.3 Å². The lowest BCUT2D eigenvalue weighted by atomic mass is 10.1. The number of nitrogens with zero attached hydrogens (tertiary/aromatic N) is 2. The molecular formula is C28H35N3O3S. The van der Waals surface area contributed by atoms with Gasteiger partial charge in [-0.3, -0.25) is 4.79 Å². The van der Waals surface area contributed by atoms with Crippen LogP contribution in [0.15, 0.2) is 66.7 Å². The first-order valence-corrected chi connectivity index (χ1v) is 12.8. The van der Waals surface area contributed by atoms with E-state index in [9.17, 15) is 9.59 Å². The second-order valence-electron chi connectivity index (χ2n) is 8.77. The van der Waals surface area contributed by atoms with E-state index in [2.05, 4.69) is 38.2 Å². The van der Waals surface area contributed by atoms with Crippen molar-refractivity contribution in [1.82, 2.24) is 9.80 Å². The second kappa shape index (κ2) is 13.0. The first-order valence-electron chi connectivity index (χ1n) is 12.0. The summed E-state index contributed by atoms with van der Waals surface area (Å²) in [4.78, 5) is 32.7. The molecule has 3 aromatic rings. The Balaban J connectivity index is 1.80. The van der Waals surface area contributed by atoms with Crippen molar-refractivity contribution in [2.75, 3.05) is 25.5 Å². The van der Waals surface area contributed by atoms with Crippen LogP contribution in [0, 0.1) is 12.8 Å². The number of carbonyl (C=O) groups excluding carboxylic acids is 2. The molecule has 0 aliphatic rings. The molecule has 186 valence electrons. The first kappa shape index (κ1) is 26.3. The quantitative estimate of drug-likeness (QED) is 0.347. The summed E-state index contributed by atoms with van der Waals surface area (Å²) >= 11 is 1.69. The Labute approximate surface area is 212 Å². The zero-order valence-electron chi connectivity index (χ0n) is 21.0. The summed E-state index contributed by atoms with van der Waals surface area (Å²) < 4.78 is 5.38. The molecule has 0 saturated heterocycles. The van der Waals surface area contributed by atoms with E-state index in [0.717, 1.165) is 16.9 Å². The van der Waals surface area contributed by atoms with Crippen LogP contribution in [0.5, 0.6) is 5.75 Å². The van der Waals surface area contributed by atoms with Crippen LogP contribution in [0.2, 0.25) is 0 Å². The molecule has 3 amide bonds. The summed E-state index contributed by atoms with van der Waals surface area (Å²) in [6.07, 6.45) is 0.912. The van der Waals surface area contributed by atoms with E-state index in [0.29, 0.717) is 31.1 Å². The smallest absolute Gasteiger partial charge is 0.322 e. The van der Waals surface area contributed by atoms with Crippen LogP contribution in [-0.2, 0) is 17.9 Å². The number of anilines is 1. The van der Waals surface area contributed by atoms with Crippen molar-refractivity contribution in [3.8, 4) is 5.75 Å². The van der Waals surface area contributed by atoms with Gasteiger partial charge in [-0.1, -0.05) is 62.7 Å². The molecule has 0 radical (unpaired) electrons. The number of para-hydroxylation sites is 2. The Bertz CT molecular complexity index is 1100. The van der Waals surface area contributed by atoms with Crippen LogP contribution in [0.4, 0.5) is 10.5 Å². The lowest BCUT2D eigenvalue weighted by Gasteiger charge is -2.29. The number of urea groups is 1. The van der Waals surface area contributed by atoms with Crippen LogP contribution in [0.3, 0.4) is 0 Å². The van der Waals surface area contributed by atoms with E-state index in [1.807, 2.05) is 47.4 Å². The highest BCUT2D eigenvalue weighted by Gasteiger charge is 2.24. The van der Waals surface area contributed by atoms with Gasteiger partial charge in [0.25, 0.3) is 0 Å². The van der Waals surface area contributed by atoms with Crippen molar-refractivity contribution in [2.24, 2.45) is 5.92 Å². The summed E-state index contributed by atoms with van der Waals surface area (Å²) in [7, 11) is 1.57. The average molecular weight is 494 g/mol. The maximum Gasteiger partial charge on any atom is 0.322 e. The van der Waals surface area contributed by atoms with Crippen molar-refractivity contribution in [3.63, 3.8) is 0 Å². The Kier molecular flexibility index (Phi) is 9.73. The van der Waals surface area contributed by atoms with Gasteiger partial charge in [0.05, 0.1) is 19.3 Å². The highest BCUT2D eigenvalue weighted by molar-refractivity contribution is 7.11. The monoisotopic (exact) mass is 493 g/mol. The van der Waals surface area contributed by atoms with Gasteiger partial charge in [0.1, 0.15) is 12.3 Å². The predicted octanol–water partition coefficient (Wildman–Crippen LogP) is 6.17. The average Bonchev–Trinajstić information content (AvgIpc) is 3.28. The zero-order chi connectivity index (χ0) is 25.2. The van der Waals surface area contributed by atoms with Crippen LogP contribution < -0.4 is 10.1 Å². The topological polar surface area (TPSA) is 61.9 Å². The number of rotatable bonds is 11. The fraction of sp³-hybridized carbons (Fsp3) is 0.357. The lowest BCUT2D eigenvalue weighted by Crippen LogP contribution is -2.45. The zero-order valence-corrected chi connectivity index (χ0v) is 21.8. The van der Waals surface area contributed by atoms with Crippen LogP contribution in [0.1, 0.15) is 35.6 Å². The summed E-state index contributed by atoms with van der Waals surface area (Å²) in [6.45, 7) is 7.73. The molecule has 0 aliphatic carbocycles. The van der Waals surface area contributed by atoms with Crippen LogP contribution in [-0.4, -0.2) is 41.9 Å². The largest absolute Gasteiger partial charge is 0.495 e. The number of carbonyl (C=O) groups is 2. The van der Waals surface area contributed by atoms with E-state index in [1.54, 1.807) is 35.5 Å². The molecule has 2 aromatic carbocycles. The van der Waals surface area contributed by atoms with Crippen molar-refractivity contribution in [3.05, 3.63) is 82.0 Å². The number of hydrogen-bond donors (Lipinski definition) is 1. The number of benzene rings is 2. The Morgan fingerprint density at radius 1 is 0.971 bits per heavy atom. The van der Waals surface area contributed by atoms with E-state index in [1.165, 1.54) is 4.88 Å². The summed E-state index contributed by atoms with van der Waals surface area (Å²) in [6, 6.07) is 21.1. The molecule has 0 aliphatic heterocycles. The SMILES string of the molecule is CCC(C)CN(CC(=O)N(Cc1ccccc1)Cc1ccc(C)s1)C(=O)Nc1ccccc1OC. The first-order chi connectivity index (χ1) is 16.9. The molecule has 1 unspecified atom stereocenters. The Morgan fingerprint density at radius 2 is 1.69 bits per heavy atom. The van der Waals surface area contributed by atoms with Gasteiger partial charge >= 0.3 is 6.03 Å². The minimum atomic E-state index is -0.310. The van der Waals surface area contributed by atoms with Crippen LogP contribution in [0.25, 0.3) is 0 Å². The van der Waals surface area contributed by atoms with Gasteiger partial charge in [-0.15, -0.1) is 11.3 Å². The number of hydrogen-bond acceptors (Lipinski definition) is 4.